The Hall–Kier alpha value is -3.23. The van der Waals surface area contributed by atoms with Gasteiger partial charge in [0.25, 0.3) is 5.91 Å². The Morgan fingerprint density at radius 3 is 2.50 bits per heavy atom. The van der Waals surface area contributed by atoms with E-state index in [0.29, 0.717) is 16.8 Å². The molecule has 3 heterocycles. The number of Topliss-reactive ketones (excluding diaryl/α,β-unsaturated/α-hetero) is 1. The van der Waals surface area contributed by atoms with Crippen LogP contribution in [0.15, 0.2) is 97.8 Å². The van der Waals surface area contributed by atoms with E-state index < -0.39 is 23.5 Å². The Labute approximate surface area is 199 Å². The third kappa shape index (κ3) is 3.45. The van der Waals surface area contributed by atoms with Gasteiger partial charge in [0.05, 0.1) is 11.6 Å². The molecule has 8 heteroatoms. The largest absolute Gasteiger partial charge is 0.503 e. The van der Waals surface area contributed by atoms with Gasteiger partial charge in [0.1, 0.15) is 5.58 Å². The average molecular weight is 554 g/mol. The molecule has 4 aromatic rings. The van der Waals surface area contributed by atoms with E-state index in [1.807, 2.05) is 18.2 Å². The molecule has 6 nitrogen and oxygen atoms in total. The van der Waals surface area contributed by atoms with Gasteiger partial charge >= 0.3 is 0 Å². The number of anilines is 1. The summed E-state index contributed by atoms with van der Waals surface area (Å²) in [6, 6.07) is 16.7. The lowest BCUT2D eigenvalue weighted by molar-refractivity contribution is -0.117. The van der Waals surface area contributed by atoms with Gasteiger partial charge in [-0.05, 0) is 60.2 Å². The zero-order chi connectivity index (χ0) is 22.4. The van der Waals surface area contributed by atoms with E-state index in [1.165, 1.54) is 4.90 Å². The zero-order valence-electron chi connectivity index (χ0n) is 16.3. The monoisotopic (exact) mass is 552 g/mol. The minimum absolute atomic E-state index is 0.0423. The highest BCUT2D eigenvalue weighted by Gasteiger charge is 2.45. The van der Waals surface area contributed by atoms with Gasteiger partial charge in [-0.3, -0.25) is 19.5 Å². The normalized spacial score (nSPS) is 16.2. The van der Waals surface area contributed by atoms with Crippen LogP contribution in [0.1, 0.15) is 22.2 Å². The van der Waals surface area contributed by atoms with Crippen LogP contribution in [0.5, 0.6) is 0 Å². The smallest absolute Gasteiger partial charge is 0.294 e. The van der Waals surface area contributed by atoms with Gasteiger partial charge < -0.3 is 9.52 Å². The Balaban J connectivity index is 1.66. The molecule has 1 unspecified atom stereocenters. The van der Waals surface area contributed by atoms with Crippen molar-refractivity contribution in [2.45, 2.75) is 6.04 Å². The first-order valence-corrected chi connectivity index (χ1v) is 11.2. The molecule has 0 aliphatic carbocycles. The summed E-state index contributed by atoms with van der Waals surface area (Å²) in [5.41, 5.74) is 1.67. The molecule has 1 atom stereocenters. The third-order valence-electron chi connectivity index (χ3n) is 5.26. The van der Waals surface area contributed by atoms with Crippen molar-refractivity contribution < 1.29 is 19.1 Å². The van der Waals surface area contributed by atoms with Gasteiger partial charge in [0, 0.05) is 32.4 Å². The number of hydrogen-bond acceptors (Lipinski definition) is 5. The predicted molar refractivity (Wildman–Crippen MR) is 127 cm³/mol. The molecule has 2 aromatic carbocycles. The van der Waals surface area contributed by atoms with Crippen LogP contribution in [0.2, 0.25) is 0 Å². The van der Waals surface area contributed by atoms with E-state index in [4.69, 9.17) is 4.42 Å². The Morgan fingerprint density at radius 2 is 1.75 bits per heavy atom. The number of rotatable bonds is 4. The number of aromatic nitrogens is 1. The number of aliphatic hydroxyl groups excluding tert-OH is 1. The van der Waals surface area contributed by atoms with E-state index in [1.54, 1.807) is 54.9 Å². The quantitative estimate of drug-likeness (QED) is 0.307. The number of fused-ring (bicyclic) bond motifs is 1. The molecule has 5 rings (SSSR count). The Bertz CT molecular complexity index is 1410. The van der Waals surface area contributed by atoms with Crippen molar-refractivity contribution in [2.75, 3.05) is 4.90 Å². The SMILES string of the molecule is O=C(C1=C(O)C(=O)N(c2cccc(Br)c2)C1c1ccncc1)c1cc2cc(Br)ccc2o1. The molecule has 2 aromatic heterocycles. The summed E-state index contributed by atoms with van der Waals surface area (Å²) in [7, 11) is 0. The van der Waals surface area contributed by atoms with Gasteiger partial charge in [-0.25, -0.2) is 0 Å². The summed E-state index contributed by atoms with van der Waals surface area (Å²) in [6.45, 7) is 0. The number of benzene rings is 2. The van der Waals surface area contributed by atoms with E-state index >= 15 is 0 Å². The molecule has 1 amide bonds. The molecule has 0 saturated heterocycles. The highest BCUT2D eigenvalue weighted by atomic mass is 79.9. The molecule has 0 saturated carbocycles. The second-order valence-corrected chi connectivity index (χ2v) is 9.05. The van der Waals surface area contributed by atoms with Crippen LogP contribution in [0.25, 0.3) is 11.0 Å². The summed E-state index contributed by atoms with van der Waals surface area (Å²) in [6.07, 6.45) is 3.16. The van der Waals surface area contributed by atoms with Crippen molar-refractivity contribution in [2.24, 2.45) is 0 Å². The highest BCUT2D eigenvalue weighted by Crippen LogP contribution is 2.42. The fraction of sp³-hybridized carbons (Fsp3) is 0.0417. The Kier molecular flexibility index (Phi) is 5.19. The number of hydrogen-bond donors (Lipinski definition) is 1. The summed E-state index contributed by atoms with van der Waals surface area (Å²) in [5.74, 6) is -1.77. The minimum atomic E-state index is -0.841. The summed E-state index contributed by atoms with van der Waals surface area (Å²) < 4.78 is 7.37. The van der Waals surface area contributed by atoms with E-state index in [9.17, 15) is 14.7 Å². The number of furan rings is 1. The fourth-order valence-corrected chi connectivity index (χ4v) is 4.62. The zero-order valence-corrected chi connectivity index (χ0v) is 19.5. The maximum atomic E-state index is 13.6. The molecular weight excluding hydrogens is 540 g/mol. The van der Waals surface area contributed by atoms with Crippen LogP contribution in [0, 0.1) is 0 Å². The minimum Gasteiger partial charge on any atom is -0.503 e. The van der Waals surface area contributed by atoms with Crippen LogP contribution in [-0.4, -0.2) is 21.8 Å². The fourth-order valence-electron chi connectivity index (χ4n) is 3.85. The topological polar surface area (TPSA) is 83.6 Å². The lowest BCUT2D eigenvalue weighted by Crippen LogP contribution is -2.31. The third-order valence-corrected chi connectivity index (χ3v) is 6.25. The van der Waals surface area contributed by atoms with Gasteiger partial charge in [0.2, 0.25) is 5.78 Å². The molecule has 1 N–H and O–H groups in total. The van der Waals surface area contributed by atoms with Crippen molar-refractivity contribution in [3.8, 4) is 0 Å². The van der Waals surface area contributed by atoms with Crippen molar-refractivity contribution in [1.82, 2.24) is 4.98 Å². The number of halogens is 2. The summed E-state index contributed by atoms with van der Waals surface area (Å²) in [5, 5.41) is 11.6. The van der Waals surface area contributed by atoms with Gasteiger partial charge in [-0.2, -0.15) is 0 Å². The first-order chi connectivity index (χ1) is 15.4. The number of amides is 1. The molecule has 0 radical (unpaired) electrons. The lowest BCUT2D eigenvalue weighted by Gasteiger charge is -2.26. The van der Waals surface area contributed by atoms with Crippen molar-refractivity contribution >= 4 is 60.2 Å². The average Bonchev–Trinajstić information content (AvgIpc) is 3.32. The second kappa shape index (κ2) is 8.03. The van der Waals surface area contributed by atoms with Crippen LogP contribution in [0.4, 0.5) is 5.69 Å². The second-order valence-electron chi connectivity index (χ2n) is 7.22. The molecule has 0 fully saturated rings. The summed E-state index contributed by atoms with van der Waals surface area (Å²) >= 11 is 6.82. The van der Waals surface area contributed by atoms with Gasteiger partial charge in [-0.15, -0.1) is 0 Å². The van der Waals surface area contributed by atoms with E-state index in [-0.39, 0.29) is 11.3 Å². The Morgan fingerprint density at radius 1 is 1.00 bits per heavy atom. The van der Waals surface area contributed by atoms with E-state index in [2.05, 4.69) is 36.8 Å². The molecular formula is C24H14Br2N2O4. The van der Waals surface area contributed by atoms with Crippen molar-refractivity contribution in [1.29, 1.82) is 0 Å². The summed E-state index contributed by atoms with van der Waals surface area (Å²) in [4.78, 5) is 32.2. The number of carbonyl (C=O) groups is 2. The number of ketones is 1. The highest BCUT2D eigenvalue weighted by molar-refractivity contribution is 9.10. The first kappa shape index (κ1) is 20.7. The number of pyridine rings is 1. The predicted octanol–water partition coefficient (Wildman–Crippen LogP) is 6.14. The van der Waals surface area contributed by atoms with Crippen LogP contribution in [0.3, 0.4) is 0 Å². The molecule has 158 valence electrons. The molecule has 0 bridgehead atoms. The van der Waals surface area contributed by atoms with Crippen LogP contribution >= 0.6 is 31.9 Å². The molecule has 1 aliphatic heterocycles. The van der Waals surface area contributed by atoms with Gasteiger partial charge in [-0.1, -0.05) is 37.9 Å². The van der Waals surface area contributed by atoms with Crippen LogP contribution in [-0.2, 0) is 4.79 Å². The van der Waals surface area contributed by atoms with Gasteiger partial charge in [0.15, 0.2) is 11.5 Å². The number of nitrogens with zero attached hydrogens (tertiary/aromatic N) is 2. The maximum absolute atomic E-state index is 13.6. The van der Waals surface area contributed by atoms with Crippen molar-refractivity contribution in [3.63, 3.8) is 0 Å². The van der Waals surface area contributed by atoms with Crippen LogP contribution < -0.4 is 4.90 Å². The number of carbonyl (C=O) groups excluding carboxylic acids is 2. The molecule has 32 heavy (non-hydrogen) atoms. The first-order valence-electron chi connectivity index (χ1n) is 9.60. The lowest BCUT2D eigenvalue weighted by atomic mass is 9.95. The number of aliphatic hydroxyl groups is 1. The molecule has 0 spiro atoms. The maximum Gasteiger partial charge on any atom is 0.294 e. The standard InChI is InChI=1S/C24H14Br2N2O4/c25-15-2-1-3-17(12-15)28-21(13-6-8-27-9-7-13)20(23(30)24(28)31)22(29)19-11-14-10-16(26)4-5-18(14)32-19/h1-12,21,30H. The molecule has 1 aliphatic rings. The van der Waals surface area contributed by atoms with E-state index in [0.717, 1.165) is 14.3 Å². The van der Waals surface area contributed by atoms with Crippen molar-refractivity contribution in [3.05, 3.63) is 105 Å².